The summed E-state index contributed by atoms with van der Waals surface area (Å²) in [5, 5.41) is 0. The zero-order valence-electron chi connectivity index (χ0n) is 7.29. The molecule has 0 aromatic heterocycles. The molecular weight excluding hydrogens is 184 g/mol. The Kier molecular flexibility index (Phi) is 4.62. The number of benzene rings is 1. The zero-order chi connectivity index (χ0) is 8.81. The minimum absolute atomic E-state index is 0.985. The van der Waals surface area contributed by atoms with Gasteiger partial charge in [0.05, 0.1) is 0 Å². The molecule has 2 heteroatoms. The highest BCUT2D eigenvalue weighted by Crippen LogP contribution is 2.18. The molecule has 0 N–H and O–H groups in total. The Morgan fingerprint density at radius 1 is 1.25 bits per heavy atom. The third-order valence-electron chi connectivity index (χ3n) is 1.59. The van der Waals surface area contributed by atoms with Gasteiger partial charge in [-0.05, 0) is 37.0 Å². The second-order valence-corrected chi connectivity index (χ2v) is 4.35. The molecule has 0 fully saturated rings. The molecule has 0 atom stereocenters. The van der Waals surface area contributed by atoms with Crippen LogP contribution in [0.2, 0.25) is 0 Å². The van der Waals surface area contributed by atoms with Crippen molar-refractivity contribution < 1.29 is 0 Å². The maximum atomic E-state index is 4.17. The van der Waals surface area contributed by atoms with Gasteiger partial charge in [-0.3, -0.25) is 0 Å². The highest BCUT2D eigenvalue weighted by molar-refractivity contribution is 7.99. The quantitative estimate of drug-likeness (QED) is 0.439. The van der Waals surface area contributed by atoms with Gasteiger partial charge in [0, 0.05) is 4.90 Å². The predicted molar refractivity (Wildman–Crippen MR) is 60.4 cm³/mol. The number of hydrogen-bond acceptors (Lipinski definition) is 2. The largest absolute Gasteiger partial charge is 0.179 e. The molecule has 0 nitrogen and oxygen atoms in total. The van der Waals surface area contributed by atoms with Crippen LogP contribution in [0.15, 0.2) is 29.2 Å². The van der Waals surface area contributed by atoms with E-state index in [1.165, 1.54) is 22.6 Å². The summed E-state index contributed by atoms with van der Waals surface area (Å²) in [6.07, 6.45) is 1.18. The normalized spacial score (nSPS) is 10.2. The molecule has 1 aromatic carbocycles. The van der Waals surface area contributed by atoms with Gasteiger partial charge in [0.1, 0.15) is 0 Å². The fourth-order valence-electron chi connectivity index (χ4n) is 0.889. The Hall–Kier alpha value is -0.0800. The van der Waals surface area contributed by atoms with Crippen molar-refractivity contribution in [1.29, 1.82) is 0 Å². The first-order chi connectivity index (χ1) is 5.83. The number of aryl methyl sites for hydroxylation is 1. The first-order valence-corrected chi connectivity index (χ1v) is 5.75. The molecule has 0 aliphatic rings. The number of thioether (sulfide) groups is 1. The SMILES string of the molecule is Cc1ccc(SCCCS)cc1. The van der Waals surface area contributed by atoms with Crippen molar-refractivity contribution in [3.8, 4) is 0 Å². The lowest BCUT2D eigenvalue weighted by atomic mass is 10.2. The molecule has 0 amide bonds. The van der Waals surface area contributed by atoms with Crippen LogP contribution in [0.25, 0.3) is 0 Å². The maximum Gasteiger partial charge on any atom is 0.00721 e. The Morgan fingerprint density at radius 3 is 2.50 bits per heavy atom. The van der Waals surface area contributed by atoms with Crippen LogP contribution in [-0.2, 0) is 0 Å². The summed E-state index contributed by atoms with van der Waals surface area (Å²) in [4.78, 5) is 1.36. The summed E-state index contributed by atoms with van der Waals surface area (Å²) >= 11 is 6.07. The van der Waals surface area contributed by atoms with Crippen LogP contribution < -0.4 is 0 Å². The monoisotopic (exact) mass is 198 g/mol. The van der Waals surface area contributed by atoms with E-state index >= 15 is 0 Å². The third-order valence-corrected chi connectivity index (χ3v) is 3.01. The molecular formula is C10H14S2. The minimum atomic E-state index is 0.985. The number of rotatable bonds is 4. The van der Waals surface area contributed by atoms with Gasteiger partial charge in [-0.2, -0.15) is 12.6 Å². The molecule has 0 aliphatic carbocycles. The molecule has 66 valence electrons. The minimum Gasteiger partial charge on any atom is -0.179 e. The van der Waals surface area contributed by atoms with E-state index < -0.39 is 0 Å². The average molecular weight is 198 g/mol. The molecule has 0 unspecified atom stereocenters. The van der Waals surface area contributed by atoms with Crippen LogP contribution >= 0.6 is 24.4 Å². The second-order valence-electron chi connectivity index (χ2n) is 2.74. The highest BCUT2D eigenvalue weighted by atomic mass is 32.2. The highest BCUT2D eigenvalue weighted by Gasteiger charge is 1.91. The molecule has 0 saturated heterocycles. The lowest BCUT2D eigenvalue weighted by molar-refractivity contribution is 1.13. The molecule has 0 spiro atoms. The van der Waals surface area contributed by atoms with Crippen molar-refractivity contribution in [2.45, 2.75) is 18.2 Å². The van der Waals surface area contributed by atoms with Gasteiger partial charge in [-0.15, -0.1) is 11.8 Å². The Morgan fingerprint density at radius 2 is 1.92 bits per heavy atom. The van der Waals surface area contributed by atoms with Crippen LogP contribution in [0, 0.1) is 6.92 Å². The number of hydrogen-bond donors (Lipinski definition) is 1. The van der Waals surface area contributed by atoms with Crippen molar-refractivity contribution in [2.75, 3.05) is 11.5 Å². The van der Waals surface area contributed by atoms with Crippen molar-refractivity contribution in [3.63, 3.8) is 0 Å². The van der Waals surface area contributed by atoms with Gasteiger partial charge >= 0.3 is 0 Å². The van der Waals surface area contributed by atoms with E-state index in [0.717, 1.165) is 5.75 Å². The topological polar surface area (TPSA) is 0 Å². The van der Waals surface area contributed by atoms with E-state index in [1.807, 2.05) is 11.8 Å². The Balaban J connectivity index is 2.37. The molecule has 1 rings (SSSR count). The first-order valence-electron chi connectivity index (χ1n) is 4.13. The van der Waals surface area contributed by atoms with E-state index in [4.69, 9.17) is 0 Å². The maximum absolute atomic E-state index is 4.17. The smallest absolute Gasteiger partial charge is 0.00721 e. The van der Waals surface area contributed by atoms with E-state index in [1.54, 1.807) is 0 Å². The molecule has 0 heterocycles. The van der Waals surface area contributed by atoms with Crippen molar-refractivity contribution in [1.82, 2.24) is 0 Å². The van der Waals surface area contributed by atoms with Gasteiger partial charge in [0.2, 0.25) is 0 Å². The summed E-state index contributed by atoms with van der Waals surface area (Å²) in [7, 11) is 0. The van der Waals surface area contributed by atoms with Gasteiger partial charge in [-0.25, -0.2) is 0 Å². The van der Waals surface area contributed by atoms with E-state index in [9.17, 15) is 0 Å². The average Bonchev–Trinajstić information content (AvgIpc) is 2.09. The fraction of sp³-hybridized carbons (Fsp3) is 0.400. The summed E-state index contributed by atoms with van der Waals surface area (Å²) < 4.78 is 0. The predicted octanol–water partition coefficient (Wildman–Crippen LogP) is 3.41. The number of thiol groups is 1. The third kappa shape index (κ3) is 3.55. The van der Waals surface area contributed by atoms with Crippen LogP contribution in [0.1, 0.15) is 12.0 Å². The molecule has 0 aliphatic heterocycles. The van der Waals surface area contributed by atoms with E-state index in [-0.39, 0.29) is 0 Å². The Labute approximate surface area is 84.2 Å². The van der Waals surface area contributed by atoms with Crippen molar-refractivity contribution >= 4 is 24.4 Å². The lowest BCUT2D eigenvalue weighted by Crippen LogP contribution is -1.80. The van der Waals surface area contributed by atoms with Crippen LogP contribution in [-0.4, -0.2) is 11.5 Å². The summed E-state index contributed by atoms with van der Waals surface area (Å²) in [6, 6.07) is 8.67. The first kappa shape index (κ1) is 10.0. The zero-order valence-corrected chi connectivity index (χ0v) is 9.00. The lowest BCUT2D eigenvalue weighted by Gasteiger charge is -1.99. The fourth-order valence-corrected chi connectivity index (χ4v) is 2.11. The molecule has 1 aromatic rings. The van der Waals surface area contributed by atoms with Gasteiger partial charge in [0.15, 0.2) is 0 Å². The van der Waals surface area contributed by atoms with Crippen molar-refractivity contribution in [3.05, 3.63) is 29.8 Å². The van der Waals surface area contributed by atoms with Gasteiger partial charge in [0.25, 0.3) is 0 Å². The molecule has 0 saturated carbocycles. The van der Waals surface area contributed by atoms with Crippen LogP contribution in [0.5, 0.6) is 0 Å². The van der Waals surface area contributed by atoms with E-state index in [0.29, 0.717) is 0 Å². The van der Waals surface area contributed by atoms with Crippen LogP contribution in [0.4, 0.5) is 0 Å². The Bertz CT molecular complexity index is 216. The standard InChI is InChI=1S/C10H14S2/c1-9-3-5-10(6-4-9)12-8-2-7-11/h3-6,11H,2,7-8H2,1H3. The van der Waals surface area contributed by atoms with Gasteiger partial charge < -0.3 is 0 Å². The molecule has 0 radical (unpaired) electrons. The molecule has 0 bridgehead atoms. The summed E-state index contributed by atoms with van der Waals surface area (Å²) in [5.74, 6) is 2.16. The second kappa shape index (κ2) is 5.55. The summed E-state index contributed by atoms with van der Waals surface area (Å²) in [6.45, 7) is 2.11. The summed E-state index contributed by atoms with van der Waals surface area (Å²) in [5.41, 5.74) is 1.33. The van der Waals surface area contributed by atoms with Crippen molar-refractivity contribution in [2.24, 2.45) is 0 Å². The van der Waals surface area contributed by atoms with Crippen LogP contribution in [0.3, 0.4) is 0 Å². The molecule has 12 heavy (non-hydrogen) atoms. The van der Waals surface area contributed by atoms with Gasteiger partial charge in [-0.1, -0.05) is 17.7 Å². The van der Waals surface area contributed by atoms with E-state index in [2.05, 4.69) is 43.8 Å².